The lowest BCUT2D eigenvalue weighted by Crippen LogP contribution is -2.28. The highest BCUT2D eigenvalue weighted by molar-refractivity contribution is 9.10. The third kappa shape index (κ3) is 4.42. The van der Waals surface area contributed by atoms with Crippen LogP contribution in [0.25, 0.3) is 0 Å². The molecular weight excluding hydrogens is 294 g/mol. The van der Waals surface area contributed by atoms with Gasteiger partial charge in [0.25, 0.3) is 0 Å². The van der Waals surface area contributed by atoms with Gasteiger partial charge < -0.3 is 15.5 Å². The summed E-state index contributed by atoms with van der Waals surface area (Å²) in [5.41, 5.74) is 0. The van der Waals surface area contributed by atoms with Crippen molar-refractivity contribution in [2.75, 3.05) is 37.8 Å². The maximum absolute atomic E-state index is 4.22. The zero-order chi connectivity index (χ0) is 13.5. The molecule has 0 aliphatic heterocycles. The summed E-state index contributed by atoms with van der Waals surface area (Å²) in [7, 11) is 3.98. The summed E-state index contributed by atoms with van der Waals surface area (Å²) in [5, 5.41) is 6.33. The minimum Gasteiger partial charge on any atom is -0.372 e. The van der Waals surface area contributed by atoms with Gasteiger partial charge in [-0.15, -0.1) is 0 Å². The van der Waals surface area contributed by atoms with E-state index < -0.39 is 0 Å². The lowest BCUT2D eigenvalue weighted by molar-refractivity contribution is 0.273. The van der Waals surface area contributed by atoms with Crippen LogP contribution in [0, 0.1) is 0 Å². The number of hydrogen-bond donors (Lipinski definition) is 2. The number of anilines is 2. The summed E-state index contributed by atoms with van der Waals surface area (Å²) < 4.78 is 0.879. The van der Waals surface area contributed by atoms with Gasteiger partial charge in [-0.05, 0) is 49.8 Å². The van der Waals surface area contributed by atoms with Crippen LogP contribution in [-0.4, -0.2) is 48.1 Å². The van der Waals surface area contributed by atoms with Crippen LogP contribution in [0.3, 0.4) is 0 Å². The van der Waals surface area contributed by atoms with Crippen molar-refractivity contribution in [1.29, 1.82) is 0 Å². The van der Waals surface area contributed by atoms with Gasteiger partial charge in [0.15, 0.2) is 0 Å². The lowest BCUT2D eigenvalue weighted by atomic mass is 10.3. The van der Waals surface area contributed by atoms with Gasteiger partial charge in [0.1, 0.15) is 22.4 Å². The molecule has 0 saturated carbocycles. The molecule has 5 nitrogen and oxygen atoms in total. The Balaban J connectivity index is 2.40. The Hall–Kier alpha value is -0.880. The maximum atomic E-state index is 4.22. The van der Waals surface area contributed by atoms with Crippen molar-refractivity contribution in [2.24, 2.45) is 0 Å². The molecule has 0 spiro atoms. The Morgan fingerprint density at radius 3 is 2.61 bits per heavy atom. The molecule has 0 radical (unpaired) electrons. The number of halogens is 1. The third-order valence-corrected chi connectivity index (χ3v) is 3.64. The summed E-state index contributed by atoms with van der Waals surface area (Å²) in [6.07, 6.45) is 2.64. The van der Waals surface area contributed by atoms with E-state index in [-0.39, 0.29) is 0 Å². The normalized spacial score (nSPS) is 11.1. The average molecular weight is 316 g/mol. The Morgan fingerprint density at radius 2 is 2.00 bits per heavy atom. The zero-order valence-corrected chi connectivity index (χ0v) is 13.1. The number of hydrogen-bond acceptors (Lipinski definition) is 5. The second-order valence-electron chi connectivity index (χ2n) is 4.49. The van der Waals surface area contributed by atoms with Crippen molar-refractivity contribution in [2.45, 2.75) is 26.3 Å². The maximum Gasteiger partial charge on any atom is 0.145 e. The summed E-state index contributed by atoms with van der Waals surface area (Å²) in [5.74, 6) is 1.63. The fraction of sp³-hybridized carbons (Fsp3) is 0.667. The van der Waals surface area contributed by atoms with E-state index in [1.54, 1.807) is 6.33 Å². The van der Waals surface area contributed by atoms with Crippen LogP contribution in [0.1, 0.15) is 20.3 Å². The molecule has 18 heavy (non-hydrogen) atoms. The summed E-state index contributed by atoms with van der Waals surface area (Å²) >= 11 is 3.49. The Bertz CT molecular complexity index is 369. The molecule has 0 atom stereocenters. The molecule has 1 aromatic heterocycles. The van der Waals surface area contributed by atoms with E-state index in [4.69, 9.17) is 0 Å². The minimum atomic E-state index is 0.590. The smallest absolute Gasteiger partial charge is 0.145 e. The van der Waals surface area contributed by atoms with Crippen LogP contribution in [0.15, 0.2) is 10.8 Å². The molecule has 0 bridgehead atoms. The topological polar surface area (TPSA) is 53.1 Å². The van der Waals surface area contributed by atoms with Crippen molar-refractivity contribution in [3.8, 4) is 0 Å². The van der Waals surface area contributed by atoms with E-state index in [1.165, 1.54) is 0 Å². The van der Waals surface area contributed by atoms with Gasteiger partial charge in [-0.3, -0.25) is 0 Å². The van der Waals surface area contributed by atoms with Crippen molar-refractivity contribution < 1.29 is 0 Å². The summed E-state index contributed by atoms with van der Waals surface area (Å²) in [6, 6.07) is 0.590. The van der Waals surface area contributed by atoms with E-state index in [1.807, 2.05) is 7.05 Å². The number of nitrogens with zero attached hydrogens (tertiary/aromatic N) is 3. The molecule has 2 N–H and O–H groups in total. The molecule has 6 heteroatoms. The molecular formula is C12H22BrN5. The van der Waals surface area contributed by atoms with Gasteiger partial charge in [-0.2, -0.15) is 0 Å². The quantitative estimate of drug-likeness (QED) is 0.757. The molecule has 0 saturated heterocycles. The third-order valence-electron chi connectivity index (χ3n) is 2.89. The van der Waals surface area contributed by atoms with Crippen LogP contribution in [-0.2, 0) is 0 Å². The molecule has 102 valence electrons. The first-order chi connectivity index (χ1) is 8.56. The van der Waals surface area contributed by atoms with E-state index in [9.17, 15) is 0 Å². The largest absolute Gasteiger partial charge is 0.372 e. The predicted octanol–water partition coefficient (Wildman–Crippen LogP) is 2.42. The monoisotopic (exact) mass is 315 g/mol. The first-order valence-electron chi connectivity index (χ1n) is 6.18. The van der Waals surface area contributed by atoms with Crippen LogP contribution in [0.5, 0.6) is 0 Å². The van der Waals surface area contributed by atoms with Crippen LogP contribution < -0.4 is 10.6 Å². The van der Waals surface area contributed by atoms with E-state index in [2.05, 4.69) is 62.3 Å². The van der Waals surface area contributed by atoms with Gasteiger partial charge in [0, 0.05) is 19.6 Å². The second-order valence-corrected chi connectivity index (χ2v) is 5.28. The van der Waals surface area contributed by atoms with Crippen molar-refractivity contribution in [3.63, 3.8) is 0 Å². The predicted molar refractivity (Wildman–Crippen MR) is 80.2 cm³/mol. The van der Waals surface area contributed by atoms with Gasteiger partial charge >= 0.3 is 0 Å². The molecule has 0 unspecified atom stereocenters. The first-order valence-corrected chi connectivity index (χ1v) is 6.98. The Kier molecular flexibility index (Phi) is 6.35. The summed E-state index contributed by atoms with van der Waals surface area (Å²) in [6.45, 7) is 6.38. The molecule has 0 amide bonds. The molecule has 0 aliphatic rings. The van der Waals surface area contributed by atoms with Crippen molar-refractivity contribution in [1.82, 2.24) is 14.9 Å². The van der Waals surface area contributed by atoms with E-state index in [0.29, 0.717) is 6.04 Å². The van der Waals surface area contributed by atoms with Gasteiger partial charge in [0.05, 0.1) is 0 Å². The van der Waals surface area contributed by atoms with Gasteiger partial charge in [-0.1, -0.05) is 0 Å². The van der Waals surface area contributed by atoms with Crippen molar-refractivity contribution in [3.05, 3.63) is 10.8 Å². The minimum absolute atomic E-state index is 0.590. The molecule has 0 fully saturated rings. The van der Waals surface area contributed by atoms with Gasteiger partial charge in [-0.25, -0.2) is 9.97 Å². The molecule has 0 aromatic carbocycles. The van der Waals surface area contributed by atoms with Crippen LogP contribution >= 0.6 is 15.9 Å². The zero-order valence-electron chi connectivity index (χ0n) is 11.5. The number of nitrogens with one attached hydrogen (secondary N) is 2. The van der Waals surface area contributed by atoms with Crippen LogP contribution in [0.4, 0.5) is 11.6 Å². The van der Waals surface area contributed by atoms with E-state index >= 15 is 0 Å². The highest BCUT2D eigenvalue weighted by atomic mass is 79.9. The SMILES string of the molecule is CNc1ncnc(NCCCN(C)C(C)C)c1Br. The summed E-state index contributed by atoms with van der Waals surface area (Å²) in [4.78, 5) is 10.7. The molecule has 1 rings (SSSR count). The number of aromatic nitrogens is 2. The van der Waals surface area contributed by atoms with Crippen molar-refractivity contribution >= 4 is 27.6 Å². The van der Waals surface area contributed by atoms with Crippen LogP contribution in [0.2, 0.25) is 0 Å². The fourth-order valence-electron chi connectivity index (χ4n) is 1.46. The Labute approximate surface area is 118 Å². The fourth-order valence-corrected chi connectivity index (χ4v) is 2.00. The molecule has 0 aliphatic carbocycles. The highest BCUT2D eigenvalue weighted by Crippen LogP contribution is 2.25. The lowest BCUT2D eigenvalue weighted by Gasteiger charge is -2.20. The van der Waals surface area contributed by atoms with Gasteiger partial charge in [0.2, 0.25) is 0 Å². The standard InChI is InChI=1S/C12H22BrN5/c1-9(2)18(4)7-5-6-15-12-10(13)11(14-3)16-8-17-12/h8-9H,5-7H2,1-4H3,(H2,14,15,16,17). The Morgan fingerprint density at radius 1 is 1.33 bits per heavy atom. The first kappa shape index (κ1) is 15.2. The molecule has 1 heterocycles. The second kappa shape index (κ2) is 7.53. The van der Waals surface area contributed by atoms with E-state index in [0.717, 1.165) is 35.6 Å². The number of rotatable bonds is 7. The average Bonchev–Trinajstić information content (AvgIpc) is 2.35. The highest BCUT2D eigenvalue weighted by Gasteiger charge is 2.07. The molecule has 1 aromatic rings.